The molecule has 0 bridgehead atoms. The first-order valence-corrected chi connectivity index (χ1v) is 13.1. The molecule has 9 heteroatoms. The van der Waals surface area contributed by atoms with Crippen molar-refractivity contribution in [2.75, 3.05) is 6.54 Å². The number of carbonyl (C=O) groups is 1. The molecule has 1 saturated carbocycles. The third-order valence-electron chi connectivity index (χ3n) is 7.04. The summed E-state index contributed by atoms with van der Waals surface area (Å²) in [5.74, 6) is -0.602. The molecule has 2 aromatic rings. The molecular formula is C24H29ClN2O5S. The minimum absolute atomic E-state index is 0.0144. The molecule has 0 saturated heterocycles. The van der Waals surface area contributed by atoms with Gasteiger partial charge >= 0.3 is 0 Å². The maximum absolute atomic E-state index is 12.0. The average Bonchev–Trinajstić information content (AvgIpc) is 2.72. The highest BCUT2D eigenvalue weighted by atomic mass is 35.5. The van der Waals surface area contributed by atoms with Crippen LogP contribution in [0.4, 0.5) is 0 Å². The fourth-order valence-corrected chi connectivity index (χ4v) is 6.36. The fourth-order valence-electron chi connectivity index (χ4n) is 5.24. The number of rotatable bonds is 8. The maximum Gasteiger partial charge on any atom is 0.272 e. The predicted octanol–water partition coefficient (Wildman–Crippen LogP) is 3.55. The molecule has 1 heterocycles. The minimum Gasteiger partial charge on any atom is -0.479 e. The van der Waals surface area contributed by atoms with Gasteiger partial charge in [0.15, 0.2) is 6.10 Å². The Kier molecular flexibility index (Phi) is 6.73. The first-order valence-electron chi connectivity index (χ1n) is 11.2. The Balaban J connectivity index is 1.71. The summed E-state index contributed by atoms with van der Waals surface area (Å²) in [7, 11) is -4.52. The van der Waals surface area contributed by atoms with Gasteiger partial charge in [-0.15, -0.1) is 0 Å². The molecule has 0 spiro atoms. The number of ether oxygens (including phenoxy) is 1. The Bertz CT molecular complexity index is 1150. The van der Waals surface area contributed by atoms with Crippen LogP contribution in [0.5, 0.6) is 5.75 Å². The molecule has 4 N–H and O–H groups in total. The number of amides is 1. The van der Waals surface area contributed by atoms with Gasteiger partial charge in [-0.3, -0.25) is 9.35 Å². The van der Waals surface area contributed by atoms with E-state index in [1.807, 2.05) is 30.3 Å². The van der Waals surface area contributed by atoms with Crippen LogP contribution >= 0.6 is 11.6 Å². The van der Waals surface area contributed by atoms with Gasteiger partial charge in [-0.1, -0.05) is 43.1 Å². The molecule has 0 aromatic heterocycles. The molecular weight excluding hydrogens is 464 g/mol. The number of hydrogen-bond donors (Lipinski definition) is 3. The van der Waals surface area contributed by atoms with Crippen LogP contribution in [0.2, 0.25) is 5.02 Å². The number of carbonyl (C=O) groups excluding carboxylic acids is 1. The lowest BCUT2D eigenvalue weighted by molar-refractivity contribution is -0.124. The highest BCUT2D eigenvalue weighted by Gasteiger charge is 2.47. The largest absolute Gasteiger partial charge is 0.479 e. The minimum atomic E-state index is -4.52. The van der Waals surface area contributed by atoms with Gasteiger partial charge in [0, 0.05) is 16.5 Å². The summed E-state index contributed by atoms with van der Waals surface area (Å²) in [4.78, 5) is 12.0. The molecule has 1 amide bonds. The lowest BCUT2D eigenvalue weighted by Gasteiger charge is -2.50. The van der Waals surface area contributed by atoms with Gasteiger partial charge < -0.3 is 15.8 Å². The molecule has 1 aliphatic heterocycles. The van der Waals surface area contributed by atoms with Crippen LogP contribution < -0.4 is 15.8 Å². The Hall–Kier alpha value is -2.13. The Labute approximate surface area is 199 Å². The molecule has 7 nitrogen and oxygen atoms in total. The van der Waals surface area contributed by atoms with Crippen molar-refractivity contribution in [2.45, 2.75) is 61.8 Å². The number of primary amides is 1. The summed E-state index contributed by atoms with van der Waals surface area (Å²) in [6, 6.07) is 13.5. The van der Waals surface area contributed by atoms with Crippen LogP contribution in [-0.4, -0.2) is 36.8 Å². The van der Waals surface area contributed by atoms with Crippen LogP contribution in [-0.2, 0) is 26.7 Å². The van der Waals surface area contributed by atoms with Gasteiger partial charge in [0.1, 0.15) is 11.0 Å². The van der Waals surface area contributed by atoms with Gasteiger partial charge in [0.2, 0.25) is 0 Å². The summed E-state index contributed by atoms with van der Waals surface area (Å²) in [5.41, 5.74) is 8.76. The van der Waals surface area contributed by atoms with Crippen LogP contribution in [0, 0.1) is 0 Å². The van der Waals surface area contributed by atoms with E-state index in [4.69, 9.17) is 22.1 Å². The lowest BCUT2D eigenvalue weighted by Crippen LogP contribution is -2.49. The lowest BCUT2D eigenvalue weighted by atomic mass is 9.58. The summed E-state index contributed by atoms with van der Waals surface area (Å²) >= 11 is 6.31. The fraction of sp³-hybridized carbons (Fsp3) is 0.458. The smallest absolute Gasteiger partial charge is 0.272 e. The number of benzene rings is 2. The summed E-state index contributed by atoms with van der Waals surface area (Å²) in [6.07, 6.45) is 2.48. The van der Waals surface area contributed by atoms with E-state index in [0.717, 1.165) is 37.8 Å². The van der Waals surface area contributed by atoms with Crippen LogP contribution in [0.3, 0.4) is 0 Å². The van der Waals surface area contributed by atoms with E-state index >= 15 is 0 Å². The van der Waals surface area contributed by atoms with E-state index in [2.05, 4.69) is 11.4 Å². The zero-order valence-electron chi connectivity index (χ0n) is 18.5. The Morgan fingerprint density at radius 2 is 2.06 bits per heavy atom. The number of nitrogens with one attached hydrogen (secondary N) is 1. The summed E-state index contributed by atoms with van der Waals surface area (Å²) in [6.45, 7) is 2.39. The van der Waals surface area contributed by atoms with Gasteiger partial charge in [0.05, 0.1) is 0 Å². The number of hydrogen-bond acceptors (Lipinski definition) is 5. The van der Waals surface area contributed by atoms with Crippen molar-refractivity contribution >= 4 is 27.6 Å². The zero-order chi connectivity index (χ0) is 23.8. The Morgan fingerprint density at radius 3 is 2.64 bits per heavy atom. The van der Waals surface area contributed by atoms with E-state index in [1.54, 1.807) is 13.0 Å². The molecule has 33 heavy (non-hydrogen) atoms. The predicted molar refractivity (Wildman–Crippen MR) is 127 cm³/mol. The van der Waals surface area contributed by atoms with E-state index in [9.17, 15) is 17.8 Å². The van der Waals surface area contributed by atoms with Crippen molar-refractivity contribution < 1.29 is 22.5 Å². The molecule has 3 atom stereocenters. The number of nitrogens with two attached hydrogens (primary N) is 1. The topological polar surface area (TPSA) is 119 Å². The van der Waals surface area contributed by atoms with E-state index < -0.39 is 27.4 Å². The molecule has 2 aromatic carbocycles. The second-order valence-corrected chi connectivity index (χ2v) is 11.0. The van der Waals surface area contributed by atoms with Crippen molar-refractivity contribution in [1.29, 1.82) is 0 Å². The van der Waals surface area contributed by atoms with Crippen LogP contribution in [0.15, 0.2) is 42.5 Å². The molecule has 0 radical (unpaired) electrons. The molecule has 1 aliphatic carbocycles. The maximum atomic E-state index is 12.0. The second kappa shape index (κ2) is 9.25. The van der Waals surface area contributed by atoms with Crippen LogP contribution in [0.25, 0.3) is 0 Å². The Morgan fingerprint density at radius 1 is 1.30 bits per heavy atom. The van der Waals surface area contributed by atoms with E-state index in [0.29, 0.717) is 10.8 Å². The second-order valence-electron chi connectivity index (χ2n) is 8.92. The van der Waals surface area contributed by atoms with Crippen molar-refractivity contribution in [3.63, 3.8) is 0 Å². The monoisotopic (exact) mass is 492 g/mol. The van der Waals surface area contributed by atoms with E-state index in [1.165, 1.54) is 11.1 Å². The van der Waals surface area contributed by atoms with E-state index in [-0.39, 0.29) is 17.9 Å². The van der Waals surface area contributed by atoms with Gasteiger partial charge in [-0.2, -0.15) is 8.42 Å². The van der Waals surface area contributed by atoms with Gasteiger partial charge in [-0.05, 0) is 73.2 Å². The van der Waals surface area contributed by atoms with Gasteiger partial charge in [-0.25, -0.2) is 0 Å². The van der Waals surface area contributed by atoms with Crippen LogP contribution in [0.1, 0.15) is 55.3 Å². The first kappa shape index (κ1) is 24.0. The molecule has 2 aliphatic rings. The molecule has 1 fully saturated rings. The van der Waals surface area contributed by atoms with Crippen molar-refractivity contribution in [3.05, 3.63) is 64.2 Å². The SMILES string of the molecule is CCC(C(Oc1ccc2c(c1)C(C1(c3cccc(Cl)c3)CCC1)NCC2)C(N)=O)S(=O)(=O)O. The van der Waals surface area contributed by atoms with Crippen molar-refractivity contribution in [2.24, 2.45) is 5.73 Å². The summed E-state index contributed by atoms with van der Waals surface area (Å²) < 4.78 is 38.9. The average molecular weight is 493 g/mol. The number of halogens is 1. The highest BCUT2D eigenvalue weighted by molar-refractivity contribution is 7.86. The summed E-state index contributed by atoms with van der Waals surface area (Å²) in [5, 5.41) is 2.93. The third-order valence-corrected chi connectivity index (χ3v) is 8.62. The molecule has 178 valence electrons. The standard InChI is InChI=1S/C24H29ClN2O5S/c1-2-20(33(29,30)31)21(23(26)28)32-18-8-7-15-9-12-27-22(19(15)14-18)24(10-4-11-24)16-5-3-6-17(25)13-16/h3,5-8,13-14,20-22,27H,2,4,9-12H2,1H3,(H2,26,28)(H,29,30,31). The molecule has 3 unspecified atom stereocenters. The quantitative estimate of drug-likeness (QED) is 0.485. The number of fused-ring (bicyclic) bond motifs is 1. The first-order chi connectivity index (χ1) is 15.7. The third kappa shape index (κ3) is 4.62. The van der Waals surface area contributed by atoms with Gasteiger partial charge in [0.25, 0.3) is 16.0 Å². The zero-order valence-corrected chi connectivity index (χ0v) is 20.0. The van der Waals surface area contributed by atoms with Crippen molar-refractivity contribution in [1.82, 2.24) is 5.32 Å². The molecule has 4 rings (SSSR count). The normalized spacial score (nSPS) is 21.4. The van der Waals surface area contributed by atoms with Crippen molar-refractivity contribution in [3.8, 4) is 5.75 Å². The highest BCUT2D eigenvalue weighted by Crippen LogP contribution is 2.54.